The van der Waals surface area contributed by atoms with Gasteiger partial charge in [-0.1, -0.05) is 12.8 Å². The first-order chi connectivity index (χ1) is 10.6. The molecule has 2 amide bonds. The maximum Gasteiger partial charge on any atom is 0.257 e. The lowest BCUT2D eigenvalue weighted by molar-refractivity contribution is -0.128. The zero-order valence-electron chi connectivity index (χ0n) is 13.1. The molecule has 1 aromatic rings. The molecule has 0 radical (unpaired) electrons. The van der Waals surface area contributed by atoms with E-state index in [1.807, 2.05) is 4.90 Å². The zero-order valence-corrected chi connectivity index (χ0v) is 13.1. The minimum atomic E-state index is -0.0131. The van der Waals surface area contributed by atoms with E-state index in [-0.39, 0.29) is 23.3 Å². The lowest BCUT2D eigenvalue weighted by Crippen LogP contribution is -2.49. The molecule has 0 atom stereocenters. The maximum absolute atomic E-state index is 12.4. The molecular weight excluding hydrogens is 280 g/mol. The summed E-state index contributed by atoms with van der Waals surface area (Å²) in [4.78, 5) is 26.5. The summed E-state index contributed by atoms with van der Waals surface area (Å²) in [6, 6.07) is 1.68. The summed E-state index contributed by atoms with van der Waals surface area (Å²) in [5.41, 5.74) is 0.572. The van der Waals surface area contributed by atoms with Crippen LogP contribution in [0, 0.1) is 5.92 Å². The van der Waals surface area contributed by atoms with Crippen molar-refractivity contribution in [3.8, 4) is 0 Å². The minimum absolute atomic E-state index is 0.00429. The second-order valence-corrected chi connectivity index (χ2v) is 6.84. The molecule has 1 saturated heterocycles. The van der Waals surface area contributed by atoms with Crippen molar-refractivity contribution in [3.63, 3.8) is 0 Å². The van der Waals surface area contributed by atoms with Crippen LogP contribution in [0.3, 0.4) is 0 Å². The second-order valence-electron chi connectivity index (χ2n) is 6.84. The number of likely N-dealkylation sites (tertiary alicyclic amines) is 1. The molecule has 120 valence electrons. The molecule has 1 aromatic heterocycles. The van der Waals surface area contributed by atoms with Crippen LogP contribution in [0.5, 0.6) is 0 Å². The first-order valence-electron chi connectivity index (χ1n) is 8.21. The van der Waals surface area contributed by atoms with Crippen molar-refractivity contribution in [2.24, 2.45) is 5.92 Å². The van der Waals surface area contributed by atoms with Crippen LogP contribution in [0.2, 0.25) is 0 Å². The second kappa shape index (κ2) is 6.15. The normalized spacial score (nSPS) is 21.8. The van der Waals surface area contributed by atoms with Gasteiger partial charge >= 0.3 is 0 Å². The Labute approximate surface area is 131 Å². The molecule has 0 spiro atoms. The van der Waals surface area contributed by atoms with E-state index in [1.165, 1.54) is 25.4 Å². The number of carbonyl (C=O) groups excluding carboxylic acids is 2. The first kappa shape index (κ1) is 15.1. The third-order valence-electron chi connectivity index (χ3n) is 5.05. The fourth-order valence-corrected chi connectivity index (χ4v) is 3.59. The van der Waals surface area contributed by atoms with Crippen LogP contribution in [0.15, 0.2) is 23.0 Å². The van der Waals surface area contributed by atoms with E-state index in [9.17, 15) is 9.59 Å². The summed E-state index contributed by atoms with van der Waals surface area (Å²) in [5, 5.41) is 3.24. The third kappa shape index (κ3) is 3.18. The van der Waals surface area contributed by atoms with Crippen molar-refractivity contribution in [2.75, 3.05) is 13.1 Å². The lowest BCUT2D eigenvalue weighted by atomic mass is 9.93. The molecule has 2 heterocycles. The Bertz CT molecular complexity index is 524. The van der Waals surface area contributed by atoms with Crippen LogP contribution < -0.4 is 5.32 Å². The van der Waals surface area contributed by atoms with E-state index in [2.05, 4.69) is 12.2 Å². The topological polar surface area (TPSA) is 62.6 Å². The van der Waals surface area contributed by atoms with Gasteiger partial charge in [0.15, 0.2) is 0 Å². The molecule has 5 nitrogen and oxygen atoms in total. The van der Waals surface area contributed by atoms with Crippen molar-refractivity contribution in [1.82, 2.24) is 10.2 Å². The number of amides is 2. The van der Waals surface area contributed by atoms with Crippen LogP contribution in [0.4, 0.5) is 0 Å². The average Bonchev–Trinajstić information content (AvgIpc) is 3.18. The molecule has 0 unspecified atom stereocenters. The summed E-state index contributed by atoms with van der Waals surface area (Å²) in [5.74, 6) is 0.195. The molecule has 1 aliphatic heterocycles. The van der Waals surface area contributed by atoms with Crippen molar-refractivity contribution in [2.45, 2.75) is 51.0 Å². The van der Waals surface area contributed by atoms with Crippen molar-refractivity contribution < 1.29 is 14.0 Å². The van der Waals surface area contributed by atoms with Crippen molar-refractivity contribution in [3.05, 3.63) is 24.2 Å². The van der Waals surface area contributed by atoms with Gasteiger partial charge in [-0.15, -0.1) is 0 Å². The molecule has 1 N–H and O–H groups in total. The van der Waals surface area contributed by atoms with Gasteiger partial charge in [0, 0.05) is 24.5 Å². The molecule has 0 aromatic carbocycles. The van der Waals surface area contributed by atoms with Gasteiger partial charge in [-0.25, -0.2) is 0 Å². The van der Waals surface area contributed by atoms with Gasteiger partial charge in [0.2, 0.25) is 5.91 Å². The van der Waals surface area contributed by atoms with E-state index in [1.54, 1.807) is 6.07 Å². The summed E-state index contributed by atoms with van der Waals surface area (Å²) < 4.78 is 4.96. The Morgan fingerprint density at radius 2 is 1.95 bits per heavy atom. The van der Waals surface area contributed by atoms with E-state index >= 15 is 0 Å². The Morgan fingerprint density at radius 1 is 1.27 bits per heavy atom. The predicted octanol–water partition coefficient (Wildman–Crippen LogP) is 2.58. The first-order valence-corrected chi connectivity index (χ1v) is 8.21. The van der Waals surface area contributed by atoms with Crippen molar-refractivity contribution >= 4 is 11.8 Å². The van der Waals surface area contributed by atoms with Crippen LogP contribution in [-0.4, -0.2) is 35.3 Å². The van der Waals surface area contributed by atoms with Crippen LogP contribution >= 0.6 is 0 Å². The molecule has 1 aliphatic carbocycles. The molecule has 2 aliphatic rings. The smallest absolute Gasteiger partial charge is 0.257 e. The lowest BCUT2D eigenvalue weighted by Gasteiger charge is -2.33. The quantitative estimate of drug-likeness (QED) is 0.933. The largest absolute Gasteiger partial charge is 0.472 e. The highest BCUT2D eigenvalue weighted by Gasteiger charge is 2.34. The van der Waals surface area contributed by atoms with E-state index < -0.39 is 0 Å². The number of carbonyl (C=O) groups is 2. The number of hydrogen-bond donors (Lipinski definition) is 1. The fourth-order valence-electron chi connectivity index (χ4n) is 3.59. The standard InChI is InChI=1S/C17H24N2O3/c1-17(7-2-3-8-17)18-15(20)13-4-9-19(10-5-13)16(21)14-6-11-22-12-14/h6,11-13H,2-5,7-10H2,1H3,(H,18,20). The molecule has 22 heavy (non-hydrogen) atoms. The molecular formula is C17H24N2O3. The van der Waals surface area contributed by atoms with E-state index in [0.29, 0.717) is 18.7 Å². The highest BCUT2D eigenvalue weighted by Crippen LogP contribution is 2.30. The number of hydrogen-bond acceptors (Lipinski definition) is 3. The summed E-state index contributed by atoms with van der Waals surface area (Å²) >= 11 is 0. The van der Waals surface area contributed by atoms with E-state index in [4.69, 9.17) is 4.42 Å². The molecule has 0 bridgehead atoms. The number of piperidine rings is 1. The van der Waals surface area contributed by atoms with Gasteiger partial charge in [0.05, 0.1) is 11.8 Å². The monoisotopic (exact) mass is 304 g/mol. The summed E-state index contributed by atoms with van der Waals surface area (Å²) in [7, 11) is 0. The van der Waals surface area contributed by atoms with Gasteiger partial charge in [-0.2, -0.15) is 0 Å². The number of furan rings is 1. The predicted molar refractivity (Wildman–Crippen MR) is 82.4 cm³/mol. The maximum atomic E-state index is 12.4. The molecule has 5 heteroatoms. The number of nitrogens with zero attached hydrogens (tertiary/aromatic N) is 1. The molecule has 1 saturated carbocycles. The fraction of sp³-hybridized carbons (Fsp3) is 0.647. The van der Waals surface area contributed by atoms with Gasteiger partial charge in [-0.05, 0) is 38.7 Å². The summed E-state index contributed by atoms with van der Waals surface area (Å²) in [6.07, 6.45) is 9.03. The SMILES string of the molecule is CC1(NC(=O)C2CCN(C(=O)c3ccoc3)CC2)CCCC1. The van der Waals surface area contributed by atoms with Gasteiger partial charge in [-0.3, -0.25) is 9.59 Å². The van der Waals surface area contributed by atoms with Crippen LogP contribution in [-0.2, 0) is 4.79 Å². The minimum Gasteiger partial charge on any atom is -0.472 e. The average molecular weight is 304 g/mol. The highest BCUT2D eigenvalue weighted by atomic mass is 16.3. The Kier molecular flexibility index (Phi) is 4.23. The number of nitrogens with one attached hydrogen (secondary N) is 1. The van der Waals surface area contributed by atoms with Crippen LogP contribution in [0.25, 0.3) is 0 Å². The van der Waals surface area contributed by atoms with Crippen LogP contribution in [0.1, 0.15) is 55.8 Å². The Balaban J connectivity index is 1.51. The van der Waals surface area contributed by atoms with Gasteiger partial charge in [0.25, 0.3) is 5.91 Å². The zero-order chi connectivity index (χ0) is 15.6. The summed E-state index contributed by atoms with van der Waals surface area (Å²) in [6.45, 7) is 3.42. The highest BCUT2D eigenvalue weighted by molar-refractivity contribution is 5.94. The third-order valence-corrected chi connectivity index (χ3v) is 5.05. The molecule has 3 rings (SSSR count). The Hall–Kier alpha value is -1.78. The van der Waals surface area contributed by atoms with Gasteiger partial charge in [0.1, 0.15) is 6.26 Å². The van der Waals surface area contributed by atoms with Crippen molar-refractivity contribution in [1.29, 1.82) is 0 Å². The van der Waals surface area contributed by atoms with Gasteiger partial charge < -0.3 is 14.6 Å². The Morgan fingerprint density at radius 3 is 2.55 bits per heavy atom. The van der Waals surface area contributed by atoms with E-state index in [0.717, 1.165) is 25.7 Å². The number of rotatable bonds is 3. The molecule has 2 fully saturated rings.